The second-order valence-electron chi connectivity index (χ2n) is 10.8. The summed E-state index contributed by atoms with van der Waals surface area (Å²) < 4.78 is 5.77. The molecule has 2 rings (SSSR count). The highest BCUT2D eigenvalue weighted by Gasteiger charge is 2.44. The number of aromatic nitrogens is 1. The Kier molecular flexibility index (Phi) is 9.80. The number of aliphatic hydroxyl groups is 2. The predicted molar refractivity (Wildman–Crippen MR) is 136 cm³/mol. The number of cyclic esters (lactones) is 1. The molecule has 0 amide bonds. The molecule has 7 heteroatoms. The molecule has 1 aliphatic rings. The van der Waals surface area contributed by atoms with Crippen molar-refractivity contribution in [3.05, 3.63) is 33.8 Å². The van der Waals surface area contributed by atoms with Gasteiger partial charge in [0.2, 0.25) is 0 Å². The zero-order valence-electron chi connectivity index (χ0n) is 21.6. The number of hydrogen-bond donors (Lipinski definition) is 2. The molecule has 6 nitrogen and oxygen atoms in total. The summed E-state index contributed by atoms with van der Waals surface area (Å²) in [6.45, 7) is 12.8. The number of esters is 1. The fourth-order valence-electron chi connectivity index (χ4n) is 4.45. The van der Waals surface area contributed by atoms with Gasteiger partial charge in [0.1, 0.15) is 11.9 Å². The molecule has 0 radical (unpaired) electrons. The summed E-state index contributed by atoms with van der Waals surface area (Å²) in [6, 6.07) is 0. The van der Waals surface area contributed by atoms with Gasteiger partial charge in [0, 0.05) is 17.7 Å². The van der Waals surface area contributed by atoms with Crippen LogP contribution >= 0.6 is 11.3 Å². The zero-order valence-corrected chi connectivity index (χ0v) is 22.4. The molecule has 0 aliphatic carbocycles. The quantitative estimate of drug-likeness (QED) is 0.432. The van der Waals surface area contributed by atoms with E-state index < -0.39 is 41.0 Å². The maximum Gasteiger partial charge on any atom is 0.309 e. The Balaban J connectivity index is 2.31. The Labute approximate surface area is 208 Å². The van der Waals surface area contributed by atoms with E-state index in [9.17, 15) is 19.8 Å². The molecule has 0 fully saturated rings. The number of hydrogen-bond acceptors (Lipinski definition) is 7. The molecule has 1 aromatic rings. The molecule has 0 bridgehead atoms. The van der Waals surface area contributed by atoms with Gasteiger partial charge in [-0.15, -0.1) is 11.3 Å². The van der Waals surface area contributed by atoms with Crippen LogP contribution in [0.25, 0.3) is 6.08 Å². The van der Waals surface area contributed by atoms with Crippen LogP contribution in [0.3, 0.4) is 0 Å². The van der Waals surface area contributed by atoms with E-state index in [1.54, 1.807) is 32.1 Å². The van der Waals surface area contributed by atoms with Gasteiger partial charge in [-0.3, -0.25) is 9.59 Å². The van der Waals surface area contributed by atoms with E-state index in [1.807, 2.05) is 45.2 Å². The van der Waals surface area contributed by atoms with Crippen LogP contribution in [-0.4, -0.2) is 45.3 Å². The minimum atomic E-state index is -1.22. The van der Waals surface area contributed by atoms with Crippen LogP contribution in [0.5, 0.6) is 0 Å². The first kappa shape index (κ1) is 28.4. The third kappa shape index (κ3) is 7.33. The lowest BCUT2D eigenvalue weighted by atomic mass is 9.69. The van der Waals surface area contributed by atoms with E-state index in [1.165, 1.54) is 0 Å². The van der Waals surface area contributed by atoms with Crippen LogP contribution in [0.1, 0.15) is 84.3 Å². The molecule has 0 spiro atoms. The largest absolute Gasteiger partial charge is 0.457 e. The summed E-state index contributed by atoms with van der Waals surface area (Å²) in [5, 5.41) is 24.7. The summed E-state index contributed by atoms with van der Waals surface area (Å²) >= 11 is 1.56. The van der Waals surface area contributed by atoms with Gasteiger partial charge in [-0.1, -0.05) is 46.8 Å². The van der Waals surface area contributed by atoms with Gasteiger partial charge < -0.3 is 14.9 Å². The Morgan fingerprint density at radius 2 is 1.88 bits per heavy atom. The molecule has 2 heterocycles. The smallest absolute Gasteiger partial charge is 0.309 e. The van der Waals surface area contributed by atoms with Crippen LogP contribution in [0, 0.1) is 23.7 Å². The average Bonchev–Trinajstić information content (AvgIpc) is 3.17. The van der Waals surface area contributed by atoms with Crippen LogP contribution < -0.4 is 0 Å². The molecule has 34 heavy (non-hydrogen) atoms. The molecule has 1 aromatic heterocycles. The maximum absolute atomic E-state index is 13.3. The molecular weight excluding hydrogens is 450 g/mol. The highest BCUT2D eigenvalue weighted by atomic mass is 32.1. The van der Waals surface area contributed by atoms with Crippen molar-refractivity contribution in [2.24, 2.45) is 16.7 Å². The fourth-order valence-corrected chi connectivity index (χ4v) is 5.02. The number of aryl methyl sites for hydroxylation is 1. The third-order valence-electron chi connectivity index (χ3n) is 7.02. The van der Waals surface area contributed by atoms with E-state index in [4.69, 9.17) is 4.74 Å². The van der Waals surface area contributed by atoms with Gasteiger partial charge in [-0.05, 0) is 50.2 Å². The van der Waals surface area contributed by atoms with Gasteiger partial charge in [0.25, 0.3) is 0 Å². The Morgan fingerprint density at radius 1 is 1.21 bits per heavy atom. The van der Waals surface area contributed by atoms with Gasteiger partial charge in [0.05, 0.1) is 34.7 Å². The number of ketones is 1. The monoisotopic (exact) mass is 491 g/mol. The minimum Gasteiger partial charge on any atom is -0.457 e. The number of allylic oxidation sites excluding steroid dienone is 1. The van der Waals surface area contributed by atoms with Crippen molar-refractivity contribution in [1.82, 2.24) is 4.98 Å². The third-order valence-corrected chi connectivity index (χ3v) is 7.81. The lowest BCUT2D eigenvalue weighted by Crippen LogP contribution is -2.47. The molecule has 190 valence electrons. The van der Waals surface area contributed by atoms with Crippen molar-refractivity contribution in [2.75, 3.05) is 0 Å². The van der Waals surface area contributed by atoms with E-state index in [-0.39, 0.29) is 12.2 Å². The number of thiazole rings is 1. The van der Waals surface area contributed by atoms with Gasteiger partial charge in [-0.25, -0.2) is 4.98 Å². The van der Waals surface area contributed by atoms with Gasteiger partial charge in [0.15, 0.2) is 0 Å². The van der Waals surface area contributed by atoms with Crippen molar-refractivity contribution in [2.45, 2.75) is 98.9 Å². The molecule has 0 saturated carbocycles. The normalized spacial score (nSPS) is 30.6. The summed E-state index contributed by atoms with van der Waals surface area (Å²) in [4.78, 5) is 30.5. The Morgan fingerprint density at radius 3 is 2.50 bits per heavy atom. The van der Waals surface area contributed by atoms with Crippen molar-refractivity contribution in [3.63, 3.8) is 0 Å². The van der Waals surface area contributed by atoms with Crippen LogP contribution in [-0.2, 0) is 14.3 Å². The first-order valence-electron chi connectivity index (χ1n) is 12.1. The fraction of sp³-hybridized carbons (Fsp3) is 0.667. The zero-order chi connectivity index (χ0) is 25.7. The molecule has 1 aliphatic heterocycles. The number of carbonyl (C=O) groups excluding carboxylic acids is 2. The van der Waals surface area contributed by atoms with E-state index >= 15 is 0 Å². The summed E-state index contributed by atoms with van der Waals surface area (Å²) in [5.41, 5.74) is 0.0409. The van der Waals surface area contributed by atoms with Gasteiger partial charge >= 0.3 is 5.97 Å². The molecule has 0 unspecified atom stereocenters. The van der Waals surface area contributed by atoms with E-state index in [2.05, 4.69) is 11.1 Å². The first-order chi connectivity index (χ1) is 15.8. The molecule has 0 saturated heterocycles. The topological polar surface area (TPSA) is 96.7 Å². The number of aliphatic hydroxyl groups excluding tert-OH is 2. The lowest BCUT2D eigenvalue weighted by Gasteiger charge is -2.38. The number of carbonyl (C=O) groups is 2. The minimum absolute atomic E-state index is 0.258. The first-order valence-corrected chi connectivity index (χ1v) is 13.0. The predicted octanol–water partition coefficient (Wildman–Crippen LogP) is 5.27. The number of nitrogens with zero attached hydrogens (tertiary/aromatic N) is 1. The summed E-state index contributed by atoms with van der Waals surface area (Å²) in [5.74, 6) is -1.49. The Bertz CT molecular complexity index is 914. The van der Waals surface area contributed by atoms with Gasteiger partial charge in [-0.2, -0.15) is 0 Å². The average molecular weight is 492 g/mol. The number of ether oxygens (including phenoxy) is 1. The molecule has 4 atom stereocenters. The highest BCUT2D eigenvalue weighted by molar-refractivity contribution is 7.09. The van der Waals surface area contributed by atoms with Crippen molar-refractivity contribution < 1.29 is 24.5 Å². The summed E-state index contributed by atoms with van der Waals surface area (Å²) in [7, 11) is 0. The summed E-state index contributed by atoms with van der Waals surface area (Å²) in [6.07, 6.45) is 6.13. The molecule has 0 aromatic carbocycles. The van der Waals surface area contributed by atoms with Crippen molar-refractivity contribution in [1.29, 1.82) is 0 Å². The second kappa shape index (κ2) is 11.7. The highest BCUT2D eigenvalue weighted by Crippen LogP contribution is 2.37. The number of Topliss-reactive ketones (excluding diaryl/α,β-unsaturated/α-hetero) is 1. The van der Waals surface area contributed by atoms with Crippen LogP contribution in [0.2, 0.25) is 0 Å². The molecular formula is C27H41NO5S. The van der Waals surface area contributed by atoms with E-state index in [0.717, 1.165) is 35.5 Å². The standard InChI is InChI=1S/C27H41NO5S/c1-17(14-20-16-34-19(3)28-20)21-12-10-8-9-11-13-26(4,5)24(31)18(2)25(32)27(6,7)22(29)15-23(30)33-21/h8,10,14,16,18,21-22,24,29,31H,9,11-13,15H2,1-7H3/b10-8+,17-14+/t18-,21+,22+,24-/m1/s1. The van der Waals surface area contributed by atoms with Crippen molar-refractivity contribution >= 4 is 29.2 Å². The van der Waals surface area contributed by atoms with Crippen LogP contribution in [0.4, 0.5) is 0 Å². The Hall–Kier alpha value is -1.83. The van der Waals surface area contributed by atoms with E-state index in [0.29, 0.717) is 6.42 Å². The number of rotatable bonds is 2. The van der Waals surface area contributed by atoms with Crippen LogP contribution in [0.15, 0.2) is 23.1 Å². The second-order valence-corrected chi connectivity index (χ2v) is 11.8. The lowest BCUT2D eigenvalue weighted by molar-refractivity contribution is -0.154. The SMILES string of the molecule is C/C(=C\c1csc(C)n1)[C@@H]1C/C=C/CCCC(C)(C)[C@H](O)[C@@H](C)C(=O)C(C)(C)[C@@H](O)CC(=O)O1. The van der Waals surface area contributed by atoms with Crippen molar-refractivity contribution in [3.8, 4) is 0 Å². The molecule has 2 N–H and O–H groups in total. The maximum atomic E-state index is 13.3.